The SMILES string of the molecule is COCCN(CCOC)C(=O)c1ccc(B(O)O)cc1. The molecule has 0 atom stereocenters. The minimum atomic E-state index is -1.53. The highest BCUT2D eigenvalue weighted by atomic mass is 16.5. The molecule has 0 fully saturated rings. The molecule has 1 rings (SSSR count). The zero-order chi connectivity index (χ0) is 15.0. The Morgan fingerprint density at radius 1 is 1.10 bits per heavy atom. The number of carbonyl (C=O) groups excluding carboxylic acids is 1. The summed E-state index contributed by atoms with van der Waals surface area (Å²) in [5.74, 6) is -0.141. The minimum absolute atomic E-state index is 0.141. The second-order valence-electron chi connectivity index (χ2n) is 4.27. The second kappa shape index (κ2) is 8.70. The van der Waals surface area contributed by atoms with Gasteiger partial charge in [-0.15, -0.1) is 0 Å². The van der Waals surface area contributed by atoms with Gasteiger partial charge in [0.15, 0.2) is 0 Å². The fraction of sp³-hybridized carbons (Fsp3) is 0.462. The van der Waals surface area contributed by atoms with Crippen LogP contribution in [0.4, 0.5) is 0 Å². The van der Waals surface area contributed by atoms with Crippen molar-refractivity contribution in [2.75, 3.05) is 40.5 Å². The predicted molar refractivity (Wildman–Crippen MR) is 75.9 cm³/mol. The van der Waals surface area contributed by atoms with E-state index in [0.717, 1.165) is 0 Å². The minimum Gasteiger partial charge on any atom is -0.423 e. The maximum atomic E-state index is 12.3. The molecule has 20 heavy (non-hydrogen) atoms. The Hall–Kier alpha value is -1.41. The summed E-state index contributed by atoms with van der Waals surface area (Å²) < 4.78 is 9.98. The third-order valence-corrected chi connectivity index (χ3v) is 2.87. The summed E-state index contributed by atoms with van der Waals surface area (Å²) in [5, 5.41) is 18.0. The first-order valence-electron chi connectivity index (χ1n) is 6.33. The number of amides is 1. The molecule has 6 nitrogen and oxygen atoms in total. The number of hydrogen-bond donors (Lipinski definition) is 2. The largest absolute Gasteiger partial charge is 0.488 e. The molecule has 0 saturated heterocycles. The second-order valence-corrected chi connectivity index (χ2v) is 4.27. The lowest BCUT2D eigenvalue weighted by atomic mass is 9.80. The van der Waals surface area contributed by atoms with Crippen LogP contribution in [0.25, 0.3) is 0 Å². The van der Waals surface area contributed by atoms with Gasteiger partial charge >= 0.3 is 7.12 Å². The van der Waals surface area contributed by atoms with Crippen molar-refractivity contribution in [1.29, 1.82) is 0 Å². The van der Waals surface area contributed by atoms with Gasteiger partial charge in [-0.3, -0.25) is 4.79 Å². The first-order chi connectivity index (χ1) is 9.60. The van der Waals surface area contributed by atoms with Crippen molar-refractivity contribution in [1.82, 2.24) is 4.90 Å². The third kappa shape index (κ3) is 4.94. The van der Waals surface area contributed by atoms with Gasteiger partial charge in [0.05, 0.1) is 13.2 Å². The molecule has 7 heteroatoms. The van der Waals surface area contributed by atoms with E-state index in [1.54, 1.807) is 31.3 Å². The quantitative estimate of drug-likeness (QED) is 0.604. The summed E-state index contributed by atoms with van der Waals surface area (Å²) in [6.45, 7) is 1.85. The highest BCUT2D eigenvalue weighted by Crippen LogP contribution is 2.04. The Bertz CT molecular complexity index is 402. The Kier molecular flexibility index (Phi) is 7.25. The first-order valence-corrected chi connectivity index (χ1v) is 6.33. The van der Waals surface area contributed by atoms with Gasteiger partial charge in [0.1, 0.15) is 0 Å². The molecular formula is C13H20BNO5. The Labute approximate surface area is 119 Å². The Morgan fingerprint density at radius 3 is 2.00 bits per heavy atom. The molecule has 2 N–H and O–H groups in total. The van der Waals surface area contributed by atoms with E-state index in [4.69, 9.17) is 19.5 Å². The topological polar surface area (TPSA) is 79.2 Å². The van der Waals surface area contributed by atoms with Gasteiger partial charge in [-0.05, 0) is 17.6 Å². The average Bonchev–Trinajstić information content (AvgIpc) is 2.47. The molecule has 1 amide bonds. The van der Waals surface area contributed by atoms with Gasteiger partial charge in [0, 0.05) is 32.9 Å². The number of carbonyl (C=O) groups is 1. The molecule has 1 aromatic carbocycles. The fourth-order valence-corrected chi connectivity index (χ4v) is 1.70. The summed E-state index contributed by atoms with van der Waals surface area (Å²) in [6.07, 6.45) is 0. The Balaban J connectivity index is 2.76. The summed E-state index contributed by atoms with van der Waals surface area (Å²) in [7, 11) is 1.63. The number of nitrogens with zero attached hydrogens (tertiary/aromatic N) is 1. The van der Waals surface area contributed by atoms with E-state index in [-0.39, 0.29) is 5.91 Å². The van der Waals surface area contributed by atoms with Crippen molar-refractivity contribution in [2.45, 2.75) is 0 Å². The van der Waals surface area contributed by atoms with E-state index in [9.17, 15) is 4.79 Å². The first kappa shape index (κ1) is 16.6. The number of methoxy groups -OCH3 is 2. The average molecular weight is 281 g/mol. The van der Waals surface area contributed by atoms with Crippen LogP contribution in [-0.2, 0) is 9.47 Å². The lowest BCUT2D eigenvalue weighted by Crippen LogP contribution is -2.37. The van der Waals surface area contributed by atoms with E-state index in [1.165, 1.54) is 12.1 Å². The van der Waals surface area contributed by atoms with E-state index in [0.29, 0.717) is 37.3 Å². The summed E-state index contributed by atoms with van der Waals surface area (Å²) in [6, 6.07) is 6.18. The molecule has 0 aliphatic rings. The van der Waals surface area contributed by atoms with Crippen LogP contribution in [0, 0.1) is 0 Å². The van der Waals surface area contributed by atoms with Crippen molar-refractivity contribution >= 4 is 18.5 Å². The maximum Gasteiger partial charge on any atom is 0.488 e. The molecule has 0 aromatic heterocycles. The summed E-state index contributed by atoms with van der Waals surface area (Å²) in [4.78, 5) is 14.0. The van der Waals surface area contributed by atoms with Gasteiger partial charge in [-0.1, -0.05) is 12.1 Å². The normalized spacial score (nSPS) is 10.4. The third-order valence-electron chi connectivity index (χ3n) is 2.87. The van der Waals surface area contributed by atoms with Crippen LogP contribution >= 0.6 is 0 Å². The van der Waals surface area contributed by atoms with Crippen molar-refractivity contribution in [3.8, 4) is 0 Å². The van der Waals surface area contributed by atoms with E-state index < -0.39 is 7.12 Å². The molecule has 0 spiro atoms. The van der Waals surface area contributed by atoms with Crippen LogP contribution in [0.15, 0.2) is 24.3 Å². The highest BCUT2D eigenvalue weighted by Gasteiger charge is 2.17. The van der Waals surface area contributed by atoms with Gasteiger partial charge in [-0.25, -0.2) is 0 Å². The number of hydrogen-bond acceptors (Lipinski definition) is 5. The lowest BCUT2D eigenvalue weighted by molar-refractivity contribution is 0.0627. The highest BCUT2D eigenvalue weighted by molar-refractivity contribution is 6.58. The van der Waals surface area contributed by atoms with Gasteiger partial charge < -0.3 is 24.4 Å². The van der Waals surface area contributed by atoms with Gasteiger partial charge in [0.2, 0.25) is 0 Å². The van der Waals surface area contributed by atoms with Crippen molar-refractivity contribution in [3.05, 3.63) is 29.8 Å². The summed E-state index contributed by atoms with van der Waals surface area (Å²) >= 11 is 0. The molecule has 0 aliphatic carbocycles. The van der Waals surface area contributed by atoms with Crippen LogP contribution < -0.4 is 5.46 Å². The molecule has 1 aromatic rings. The van der Waals surface area contributed by atoms with E-state index >= 15 is 0 Å². The summed E-state index contributed by atoms with van der Waals surface area (Å²) in [5.41, 5.74) is 0.837. The van der Waals surface area contributed by atoms with Crippen molar-refractivity contribution in [3.63, 3.8) is 0 Å². The van der Waals surface area contributed by atoms with Crippen LogP contribution in [0.3, 0.4) is 0 Å². The molecule has 0 aliphatic heterocycles. The molecule has 0 heterocycles. The zero-order valence-corrected chi connectivity index (χ0v) is 11.8. The molecule has 0 radical (unpaired) electrons. The van der Waals surface area contributed by atoms with Crippen LogP contribution in [0.5, 0.6) is 0 Å². The van der Waals surface area contributed by atoms with Crippen LogP contribution in [0.2, 0.25) is 0 Å². The Morgan fingerprint density at radius 2 is 1.60 bits per heavy atom. The number of rotatable bonds is 8. The lowest BCUT2D eigenvalue weighted by Gasteiger charge is -2.22. The standard InChI is InChI=1S/C13H20BNO5/c1-19-9-7-15(8-10-20-2)13(16)11-3-5-12(6-4-11)14(17)18/h3-6,17-18H,7-10H2,1-2H3. The zero-order valence-electron chi connectivity index (χ0n) is 11.8. The fourth-order valence-electron chi connectivity index (χ4n) is 1.70. The van der Waals surface area contributed by atoms with Gasteiger partial charge in [0.25, 0.3) is 5.91 Å². The number of benzene rings is 1. The van der Waals surface area contributed by atoms with E-state index in [1.807, 2.05) is 0 Å². The maximum absolute atomic E-state index is 12.3. The monoisotopic (exact) mass is 281 g/mol. The molecular weight excluding hydrogens is 261 g/mol. The van der Waals surface area contributed by atoms with E-state index in [2.05, 4.69) is 0 Å². The predicted octanol–water partition coefficient (Wildman–Crippen LogP) is -0.899. The molecule has 110 valence electrons. The van der Waals surface area contributed by atoms with Crippen molar-refractivity contribution < 1.29 is 24.3 Å². The van der Waals surface area contributed by atoms with Crippen molar-refractivity contribution in [2.24, 2.45) is 0 Å². The molecule has 0 unspecified atom stereocenters. The number of ether oxygens (including phenoxy) is 2. The smallest absolute Gasteiger partial charge is 0.423 e. The van der Waals surface area contributed by atoms with Crippen LogP contribution in [-0.4, -0.2) is 68.5 Å². The molecule has 0 bridgehead atoms. The van der Waals surface area contributed by atoms with Crippen LogP contribution in [0.1, 0.15) is 10.4 Å². The van der Waals surface area contributed by atoms with Gasteiger partial charge in [-0.2, -0.15) is 0 Å². The molecule has 0 saturated carbocycles.